The van der Waals surface area contributed by atoms with E-state index in [0.29, 0.717) is 0 Å². The summed E-state index contributed by atoms with van der Waals surface area (Å²) in [5.74, 6) is 0.148. The van der Waals surface area contributed by atoms with Crippen LogP contribution in [0.5, 0.6) is 0 Å². The highest BCUT2D eigenvalue weighted by Crippen LogP contribution is 2.38. The average Bonchev–Trinajstić information content (AvgIpc) is 2.40. The summed E-state index contributed by atoms with van der Waals surface area (Å²) >= 11 is 1.64. The molecule has 0 bridgehead atoms. The number of rotatable bonds is 6. The lowest BCUT2D eigenvalue weighted by Gasteiger charge is -2.49. The summed E-state index contributed by atoms with van der Waals surface area (Å²) in [5, 5.41) is 7.92. The van der Waals surface area contributed by atoms with Crippen LogP contribution < -0.4 is 10.6 Å². The first-order valence-corrected chi connectivity index (χ1v) is 8.54. The molecule has 0 atom stereocenters. The van der Waals surface area contributed by atoms with E-state index >= 15 is 0 Å². The van der Waals surface area contributed by atoms with Crippen LogP contribution in [0.4, 0.5) is 5.69 Å². The molecule has 116 valence electrons. The molecule has 1 aliphatic carbocycles. The molecule has 2 rings (SSSR count). The zero-order chi connectivity index (χ0) is 15.6. The fraction of sp³-hybridized carbons (Fsp3) is 0.562. The van der Waals surface area contributed by atoms with Crippen molar-refractivity contribution in [3.63, 3.8) is 0 Å². The summed E-state index contributed by atoms with van der Waals surface area (Å²) < 4.78 is 0. The second kappa shape index (κ2) is 6.28. The van der Waals surface area contributed by atoms with Gasteiger partial charge in [0.05, 0.1) is 5.56 Å². The predicted octanol–water partition coefficient (Wildman–Crippen LogP) is 2.61. The SMILES string of the molecule is CSc1cccc(N(C)CC2(N(C)C)CCC2)c1C(=N)N. The lowest BCUT2D eigenvalue weighted by molar-refractivity contribution is 0.0683. The van der Waals surface area contributed by atoms with Gasteiger partial charge < -0.3 is 15.5 Å². The van der Waals surface area contributed by atoms with Crippen molar-refractivity contribution >= 4 is 23.3 Å². The molecular weight excluding hydrogens is 280 g/mol. The van der Waals surface area contributed by atoms with E-state index in [1.54, 1.807) is 11.8 Å². The number of likely N-dealkylation sites (N-methyl/N-ethyl adjacent to an activating group) is 2. The van der Waals surface area contributed by atoms with Crippen molar-refractivity contribution in [1.29, 1.82) is 5.41 Å². The van der Waals surface area contributed by atoms with Crippen LogP contribution in [0.2, 0.25) is 0 Å². The lowest BCUT2D eigenvalue weighted by Crippen LogP contribution is -2.57. The molecule has 0 heterocycles. The molecule has 3 N–H and O–H groups in total. The molecule has 0 spiro atoms. The molecule has 21 heavy (non-hydrogen) atoms. The van der Waals surface area contributed by atoms with Crippen LogP contribution in [0.25, 0.3) is 0 Å². The van der Waals surface area contributed by atoms with Crippen LogP contribution in [0.3, 0.4) is 0 Å². The quantitative estimate of drug-likeness (QED) is 0.482. The van der Waals surface area contributed by atoms with Crippen molar-refractivity contribution in [3.8, 4) is 0 Å². The van der Waals surface area contributed by atoms with E-state index in [-0.39, 0.29) is 11.4 Å². The second-order valence-electron chi connectivity index (χ2n) is 6.10. The Labute approximate surface area is 132 Å². The van der Waals surface area contributed by atoms with Crippen molar-refractivity contribution in [3.05, 3.63) is 23.8 Å². The number of benzene rings is 1. The number of nitrogen functional groups attached to an aromatic ring is 1. The fourth-order valence-corrected chi connectivity index (χ4v) is 3.77. The van der Waals surface area contributed by atoms with Crippen LogP contribution in [0, 0.1) is 5.41 Å². The Kier molecular flexibility index (Phi) is 4.84. The predicted molar refractivity (Wildman–Crippen MR) is 92.8 cm³/mol. The molecule has 0 aliphatic heterocycles. The second-order valence-corrected chi connectivity index (χ2v) is 6.94. The standard InChI is InChI=1S/C16H26N4S/c1-19(2)16(9-6-10-16)11-20(3)12-7-5-8-13(21-4)14(12)15(17)18/h5,7-8H,6,9-11H2,1-4H3,(H3,17,18). The Bertz CT molecular complexity index is 523. The highest BCUT2D eigenvalue weighted by molar-refractivity contribution is 7.98. The van der Waals surface area contributed by atoms with Gasteiger partial charge >= 0.3 is 0 Å². The van der Waals surface area contributed by atoms with Gasteiger partial charge in [-0.3, -0.25) is 5.41 Å². The molecule has 5 heteroatoms. The van der Waals surface area contributed by atoms with Crippen molar-refractivity contribution in [2.24, 2.45) is 5.73 Å². The van der Waals surface area contributed by atoms with Crippen LogP contribution in [-0.2, 0) is 0 Å². The minimum atomic E-state index is 0.148. The average molecular weight is 306 g/mol. The molecule has 0 aromatic heterocycles. The van der Waals surface area contributed by atoms with Crippen LogP contribution >= 0.6 is 11.8 Å². The van der Waals surface area contributed by atoms with E-state index in [9.17, 15) is 0 Å². The zero-order valence-corrected chi connectivity index (χ0v) is 14.3. The van der Waals surface area contributed by atoms with Gasteiger partial charge in [-0.05, 0) is 51.7 Å². The number of anilines is 1. The first-order chi connectivity index (χ1) is 9.91. The van der Waals surface area contributed by atoms with E-state index in [0.717, 1.165) is 22.7 Å². The number of thioether (sulfide) groups is 1. The molecule has 0 unspecified atom stereocenters. The number of nitrogens with two attached hydrogens (primary N) is 1. The third-order valence-corrected chi connectivity index (χ3v) is 5.45. The Balaban J connectivity index is 2.31. The fourth-order valence-electron chi connectivity index (χ4n) is 3.14. The molecule has 4 nitrogen and oxygen atoms in total. The molecule has 1 aromatic rings. The van der Waals surface area contributed by atoms with Gasteiger partial charge in [0.2, 0.25) is 0 Å². The first kappa shape index (κ1) is 16.2. The molecule has 1 aromatic carbocycles. The Hall–Kier alpha value is -1.20. The minimum Gasteiger partial charge on any atom is -0.384 e. The Morgan fingerprint density at radius 2 is 2.00 bits per heavy atom. The van der Waals surface area contributed by atoms with E-state index in [2.05, 4.69) is 37.0 Å². The number of amidine groups is 1. The largest absolute Gasteiger partial charge is 0.384 e. The molecule has 0 radical (unpaired) electrons. The molecular formula is C16H26N4S. The number of nitrogens with one attached hydrogen (secondary N) is 1. The van der Waals surface area contributed by atoms with Gasteiger partial charge in [0, 0.05) is 29.7 Å². The van der Waals surface area contributed by atoms with Crippen LogP contribution in [0.15, 0.2) is 23.1 Å². The highest BCUT2D eigenvalue weighted by Gasteiger charge is 2.40. The summed E-state index contributed by atoms with van der Waals surface area (Å²) in [7, 11) is 6.43. The third-order valence-electron chi connectivity index (χ3n) is 4.67. The first-order valence-electron chi connectivity index (χ1n) is 7.31. The normalized spacial score (nSPS) is 16.6. The van der Waals surface area contributed by atoms with Gasteiger partial charge in [-0.1, -0.05) is 6.07 Å². The van der Waals surface area contributed by atoms with Crippen molar-refractivity contribution in [2.75, 3.05) is 38.8 Å². The van der Waals surface area contributed by atoms with E-state index < -0.39 is 0 Å². The molecule has 0 amide bonds. The monoisotopic (exact) mass is 306 g/mol. The molecule has 0 saturated heterocycles. The molecule has 1 aliphatic rings. The number of hydrogen-bond donors (Lipinski definition) is 2. The maximum atomic E-state index is 7.92. The van der Waals surface area contributed by atoms with Crippen molar-refractivity contribution in [1.82, 2.24) is 4.90 Å². The van der Waals surface area contributed by atoms with Gasteiger partial charge in [-0.15, -0.1) is 11.8 Å². The smallest absolute Gasteiger partial charge is 0.126 e. The Morgan fingerprint density at radius 1 is 1.33 bits per heavy atom. The van der Waals surface area contributed by atoms with Crippen LogP contribution in [-0.4, -0.2) is 50.2 Å². The maximum absolute atomic E-state index is 7.92. The Morgan fingerprint density at radius 3 is 2.43 bits per heavy atom. The minimum absolute atomic E-state index is 0.148. The maximum Gasteiger partial charge on any atom is 0.126 e. The summed E-state index contributed by atoms with van der Waals surface area (Å²) in [6, 6.07) is 6.15. The van der Waals surface area contributed by atoms with Gasteiger partial charge in [-0.2, -0.15) is 0 Å². The molecule has 1 saturated carbocycles. The van der Waals surface area contributed by atoms with Gasteiger partial charge in [0.1, 0.15) is 5.84 Å². The van der Waals surface area contributed by atoms with Gasteiger partial charge in [0.15, 0.2) is 0 Å². The summed E-state index contributed by atoms with van der Waals surface area (Å²) in [4.78, 5) is 5.67. The van der Waals surface area contributed by atoms with Crippen molar-refractivity contribution in [2.45, 2.75) is 29.7 Å². The zero-order valence-electron chi connectivity index (χ0n) is 13.4. The lowest BCUT2D eigenvalue weighted by atomic mass is 9.75. The highest BCUT2D eigenvalue weighted by atomic mass is 32.2. The van der Waals surface area contributed by atoms with Gasteiger partial charge in [-0.25, -0.2) is 0 Å². The topological polar surface area (TPSA) is 56.4 Å². The van der Waals surface area contributed by atoms with E-state index in [4.69, 9.17) is 11.1 Å². The summed E-state index contributed by atoms with van der Waals surface area (Å²) in [5.41, 5.74) is 8.01. The number of hydrogen-bond acceptors (Lipinski definition) is 4. The summed E-state index contributed by atoms with van der Waals surface area (Å²) in [6.45, 7) is 0.970. The number of nitrogens with zero attached hydrogens (tertiary/aromatic N) is 2. The van der Waals surface area contributed by atoms with Crippen molar-refractivity contribution < 1.29 is 0 Å². The van der Waals surface area contributed by atoms with E-state index in [1.807, 2.05) is 18.4 Å². The summed E-state index contributed by atoms with van der Waals surface area (Å²) in [6.07, 6.45) is 5.80. The van der Waals surface area contributed by atoms with E-state index in [1.165, 1.54) is 19.3 Å². The van der Waals surface area contributed by atoms with Crippen LogP contribution in [0.1, 0.15) is 24.8 Å². The van der Waals surface area contributed by atoms with Gasteiger partial charge in [0.25, 0.3) is 0 Å². The third kappa shape index (κ3) is 3.04. The molecule has 1 fully saturated rings.